The molecule has 2 fully saturated rings. The molecule has 0 radical (unpaired) electrons. The van der Waals surface area contributed by atoms with Gasteiger partial charge in [-0.15, -0.1) is 0 Å². The largest absolute Gasteiger partial charge is 0.329 e. The Bertz CT molecular complexity index is 458. The van der Waals surface area contributed by atoms with E-state index in [0.717, 1.165) is 12.5 Å². The number of benzene rings is 1. The van der Waals surface area contributed by atoms with Crippen molar-refractivity contribution in [2.24, 2.45) is 17.1 Å². The summed E-state index contributed by atoms with van der Waals surface area (Å²) in [7, 11) is 0. The molecule has 1 unspecified atom stereocenters. The molecule has 1 saturated carbocycles. The molecule has 2 heteroatoms. The molecule has 2 nitrogen and oxygen atoms in total. The molecule has 2 aliphatic rings. The number of piperidine rings is 1. The Morgan fingerprint density at radius 2 is 1.81 bits per heavy atom. The van der Waals surface area contributed by atoms with E-state index in [4.69, 9.17) is 5.73 Å². The van der Waals surface area contributed by atoms with E-state index < -0.39 is 0 Å². The molecule has 1 atom stereocenters. The second-order valence-electron chi connectivity index (χ2n) is 7.66. The van der Waals surface area contributed by atoms with Gasteiger partial charge in [0.2, 0.25) is 0 Å². The van der Waals surface area contributed by atoms with Gasteiger partial charge in [-0.2, -0.15) is 0 Å². The van der Waals surface area contributed by atoms with Gasteiger partial charge in [-0.05, 0) is 69.0 Å². The predicted molar refractivity (Wildman–Crippen MR) is 89.2 cm³/mol. The number of rotatable bonds is 5. The van der Waals surface area contributed by atoms with Crippen LogP contribution in [0.1, 0.15) is 45.1 Å². The predicted octanol–water partition coefficient (Wildman–Crippen LogP) is 3.46. The molecule has 2 N–H and O–H groups in total. The van der Waals surface area contributed by atoms with Gasteiger partial charge in [-0.1, -0.05) is 37.3 Å². The fourth-order valence-corrected chi connectivity index (χ4v) is 4.06. The zero-order valence-corrected chi connectivity index (χ0v) is 13.6. The highest BCUT2D eigenvalue weighted by Gasteiger charge is 2.55. The Kier molecular flexibility index (Phi) is 4.11. The first kappa shape index (κ1) is 15.1. The fraction of sp³-hybridized carbons (Fsp3) is 0.684. The SMILES string of the molecule is CC1(C(C)(CN)N2CCC(Cc3ccccc3)CC2)CC1. The number of nitrogens with two attached hydrogens (primary N) is 1. The lowest BCUT2D eigenvalue weighted by Crippen LogP contribution is -2.59. The summed E-state index contributed by atoms with van der Waals surface area (Å²) in [5.41, 5.74) is 8.35. The van der Waals surface area contributed by atoms with E-state index in [0.29, 0.717) is 5.41 Å². The van der Waals surface area contributed by atoms with E-state index in [1.54, 1.807) is 0 Å². The molecule has 0 spiro atoms. The minimum atomic E-state index is 0.213. The highest BCUT2D eigenvalue weighted by atomic mass is 15.2. The topological polar surface area (TPSA) is 29.3 Å². The lowest BCUT2D eigenvalue weighted by molar-refractivity contribution is 0.0184. The number of hydrogen-bond acceptors (Lipinski definition) is 2. The smallest absolute Gasteiger partial charge is 0.0357 e. The molecule has 116 valence electrons. The van der Waals surface area contributed by atoms with Gasteiger partial charge in [0.1, 0.15) is 0 Å². The summed E-state index contributed by atoms with van der Waals surface area (Å²) in [6, 6.07) is 11.0. The minimum Gasteiger partial charge on any atom is -0.329 e. The van der Waals surface area contributed by atoms with Crippen molar-refractivity contribution in [3.63, 3.8) is 0 Å². The van der Waals surface area contributed by atoms with Gasteiger partial charge in [0.25, 0.3) is 0 Å². The Morgan fingerprint density at radius 3 is 2.33 bits per heavy atom. The molecule has 1 aliphatic heterocycles. The van der Waals surface area contributed by atoms with Crippen LogP contribution in [0.3, 0.4) is 0 Å². The van der Waals surface area contributed by atoms with Gasteiger partial charge in [0.15, 0.2) is 0 Å². The zero-order chi connectivity index (χ0) is 14.9. The van der Waals surface area contributed by atoms with Crippen LogP contribution in [0, 0.1) is 11.3 Å². The van der Waals surface area contributed by atoms with Crippen molar-refractivity contribution in [3.05, 3.63) is 35.9 Å². The van der Waals surface area contributed by atoms with Gasteiger partial charge in [0, 0.05) is 12.1 Å². The summed E-state index contributed by atoms with van der Waals surface area (Å²) in [6.07, 6.45) is 6.59. The Balaban J connectivity index is 1.58. The van der Waals surface area contributed by atoms with E-state index >= 15 is 0 Å². The van der Waals surface area contributed by atoms with Crippen molar-refractivity contribution in [1.82, 2.24) is 4.90 Å². The third kappa shape index (κ3) is 2.89. The van der Waals surface area contributed by atoms with Gasteiger partial charge in [0.05, 0.1) is 0 Å². The molecular weight excluding hydrogens is 256 g/mol. The molecule has 0 amide bonds. The van der Waals surface area contributed by atoms with Crippen molar-refractivity contribution >= 4 is 0 Å². The lowest BCUT2D eigenvalue weighted by atomic mass is 9.79. The van der Waals surface area contributed by atoms with Gasteiger partial charge in [-0.25, -0.2) is 0 Å². The van der Waals surface area contributed by atoms with Crippen LogP contribution in [0.5, 0.6) is 0 Å². The first-order valence-electron chi connectivity index (χ1n) is 8.56. The maximum absolute atomic E-state index is 6.18. The summed E-state index contributed by atoms with van der Waals surface area (Å²) < 4.78 is 0. The van der Waals surface area contributed by atoms with E-state index in [1.165, 1.54) is 50.8 Å². The fourth-order valence-electron chi connectivity index (χ4n) is 4.06. The van der Waals surface area contributed by atoms with Crippen LogP contribution in [0.2, 0.25) is 0 Å². The first-order chi connectivity index (χ1) is 10.1. The molecule has 3 rings (SSSR count). The standard InChI is InChI=1S/C19H30N2/c1-18(10-11-18)19(2,15-20)21-12-8-17(9-13-21)14-16-6-4-3-5-7-16/h3-7,17H,8-15,20H2,1-2H3. The number of hydrogen-bond donors (Lipinski definition) is 1. The number of likely N-dealkylation sites (tertiary alicyclic amines) is 1. The van der Waals surface area contributed by atoms with Crippen LogP contribution in [-0.4, -0.2) is 30.1 Å². The summed E-state index contributed by atoms with van der Waals surface area (Å²) in [5, 5.41) is 0. The molecule has 1 aromatic carbocycles. The molecule has 1 heterocycles. The zero-order valence-electron chi connectivity index (χ0n) is 13.6. The van der Waals surface area contributed by atoms with E-state index in [-0.39, 0.29) is 5.54 Å². The molecule has 1 aromatic rings. The van der Waals surface area contributed by atoms with Crippen molar-refractivity contribution in [2.75, 3.05) is 19.6 Å². The van der Waals surface area contributed by atoms with E-state index in [1.807, 2.05) is 0 Å². The van der Waals surface area contributed by atoms with Crippen LogP contribution in [0.25, 0.3) is 0 Å². The molecular formula is C19H30N2. The lowest BCUT2D eigenvalue weighted by Gasteiger charge is -2.48. The normalized spacial score (nSPS) is 25.5. The second kappa shape index (κ2) is 5.73. The van der Waals surface area contributed by atoms with Gasteiger partial charge < -0.3 is 5.73 Å². The summed E-state index contributed by atoms with van der Waals surface area (Å²) in [6.45, 7) is 8.07. The Hall–Kier alpha value is -0.860. The number of nitrogens with zero attached hydrogens (tertiary/aromatic N) is 1. The Labute approximate surface area is 129 Å². The molecule has 0 bridgehead atoms. The first-order valence-corrected chi connectivity index (χ1v) is 8.56. The summed E-state index contributed by atoms with van der Waals surface area (Å²) in [5.74, 6) is 0.845. The van der Waals surface area contributed by atoms with Crippen LogP contribution in [-0.2, 0) is 6.42 Å². The molecule has 21 heavy (non-hydrogen) atoms. The van der Waals surface area contributed by atoms with Crippen molar-refractivity contribution in [2.45, 2.75) is 51.5 Å². The van der Waals surface area contributed by atoms with Crippen molar-refractivity contribution < 1.29 is 0 Å². The maximum Gasteiger partial charge on any atom is 0.0357 e. The summed E-state index contributed by atoms with van der Waals surface area (Å²) >= 11 is 0. The van der Waals surface area contributed by atoms with Crippen LogP contribution in [0.15, 0.2) is 30.3 Å². The molecule has 1 aliphatic carbocycles. The average Bonchev–Trinajstić information content (AvgIpc) is 3.28. The van der Waals surface area contributed by atoms with Crippen molar-refractivity contribution in [3.8, 4) is 0 Å². The van der Waals surface area contributed by atoms with E-state index in [2.05, 4.69) is 49.1 Å². The Morgan fingerprint density at radius 1 is 1.19 bits per heavy atom. The minimum absolute atomic E-state index is 0.213. The van der Waals surface area contributed by atoms with Crippen molar-refractivity contribution in [1.29, 1.82) is 0 Å². The monoisotopic (exact) mass is 286 g/mol. The van der Waals surface area contributed by atoms with Crippen LogP contribution in [0.4, 0.5) is 0 Å². The van der Waals surface area contributed by atoms with Crippen LogP contribution >= 0.6 is 0 Å². The molecule has 0 aromatic heterocycles. The highest BCUT2D eigenvalue weighted by Crippen LogP contribution is 2.56. The van der Waals surface area contributed by atoms with Gasteiger partial charge in [-0.3, -0.25) is 4.90 Å². The summed E-state index contributed by atoms with van der Waals surface area (Å²) in [4.78, 5) is 2.70. The third-order valence-corrected chi connectivity index (χ3v) is 6.38. The maximum atomic E-state index is 6.18. The van der Waals surface area contributed by atoms with Gasteiger partial charge >= 0.3 is 0 Å². The quantitative estimate of drug-likeness (QED) is 0.898. The third-order valence-electron chi connectivity index (χ3n) is 6.38. The van der Waals surface area contributed by atoms with Crippen LogP contribution < -0.4 is 5.73 Å². The molecule has 1 saturated heterocycles. The highest BCUT2D eigenvalue weighted by molar-refractivity contribution is 5.16. The second-order valence-corrected chi connectivity index (χ2v) is 7.66. The average molecular weight is 286 g/mol. The van der Waals surface area contributed by atoms with E-state index in [9.17, 15) is 0 Å².